The second-order valence-corrected chi connectivity index (χ2v) is 8.30. The number of thiazole rings is 1. The lowest BCUT2D eigenvalue weighted by Crippen LogP contribution is -2.23. The second kappa shape index (κ2) is 10.9. The molecule has 0 aliphatic heterocycles. The Morgan fingerprint density at radius 3 is 2.27 bits per heavy atom. The summed E-state index contributed by atoms with van der Waals surface area (Å²) in [7, 11) is 0. The Labute approximate surface area is 195 Å². The summed E-state index contributed by atoms with van der Waals surface area (Å²) in [5.74, 6) is -0.688. The van der Waals surface area contributed by atoms with Gasteiger partial charge in [0.2, 0.25) is 0 Å². The van der Waals surface area contributed by atoms with Gasteiger partial charge in [0, 0.05) is 5.56 Å². The average molecular weight is 471 g/mol. The van der Waals surface area contributed by atoms with E-state index in [0.29, 0.717) is 31.9 Å². The fourth-order valence-electron chi connectivity index (χ4n) is 3.09. The van der Waals surface area contributed by atoms with Crippen molar-refractivity contribution in [3.63, 3.8) is 0 Å². The van der Waals surface area contributed by atoms with Gasteiger partial charge in [-0.2, -0.15) is 4.99 Å². The first-order chi connectivity index (χ1) is 15.8. The molecule has 0 N–H and O–H groups in total. The van der Waals surface area contributed by atoms with Gasteiger partial charge in [-0.1, -0.05) is 11.3 Å². The van der Waals surface area contributed by atoms with E-state index in [1.54, 1.807) is 60.9 Å². The van der Waals surface area contributed by atoms with Crippen molar-refractivity contribution in [1.29, 1.82) is 0 Å². The SMILES string of the molecule is CCOC(=O)Cn1c(=NC(=O)c2ccc(OC(C)C)cc2)sc2cc(C(=O)OCC)ccc21. The minimum absolute atomic E-state index is 0.0242. The topological polar surface area (TPSA) is 96.2 Å². The number of hydrogen-bond donors (Lipinski definition) is 0. The van der Waals surface area contributed by atoms with Crippen molar-refractivity contribution in [2.24, 2.45) is 4.99 Å². The van der Waals surface area contributed by atoms with Crippen LogP contribution >= 0.6 is 11.3 Å². The van der Waals surface area contributed by atoms with Gasteiger partial charge in [0.15, 0.2) is 4.80 Å². The summed E-state index contributed by atoms with van der Waals surface area (Å²) in [4.78, 5) is 41.7. The van der Waals surface area contributed by atoms with Crippen molar-refractivity contribution in [3.05, 3.63) is 58.4 Å². The predicted octanol–water partition coefficient (Wildman–Crippen LogP) is 3.97. The molecular formula is C24H26N2O6S. The second-order valence-electron chi connectivity index (χ2n) is 7.29. The van der Waals surface area contributed by atoms with Crippen LogP contribution in [-0.4, -0.2) is 41.7 Å². The summed E-state index contributed by atoms with van der Waals surface area (Å²) in [5.41, 5.74) is 1.43. The van der Waals surface area contributed by atoms with E-state index in [1.165, 1.54) is 11.3 Å². The molecule has 0 saturated carbocycles. The van der Waals surface area contributed by atoms with Crippen LogP contribution in [0.4, 0.5) is 0 Å². The van der Waals surface area contributed by atoms with Crippen LogP contribution in [0.25, 0.3) is 10.2 Å². The number of fused-ring (bicyclic) bond motifs is 1. The molecule has 3 aromatic rings. The first-order valence-corrected chi connectivity index (χ1v) is 11.5. The van der Waals surface area contributed by atoms with Crippen molar-refractivity contribution in [1.82, 2.24) is 4.57 Å². The summed E-state index contributed by atoms with van der Waals surface area (Å²) in [6.07, 6.45) is 0.0242. The molecule has 0 atom stereocenters. The molecule has 9 heteroatoms. The molecule has 1 amide bonds. The molecule has 2 aromatic carbocycles. The molecule has 0 spiro atoms. The van der Waals surface area contributed by atoms with Gasteiger partial charge in [0.1, 0.15) is 12.3 Å². The van der Waals surface area contributed by atoms with Gasteiger partial charge in [-0.3, -0.25) is 9.59 Å². The zero-order valence-corrected chi connectivity index (χ0v) is 19.8. The van der Waals surface area contributed by atoms with Crippen molar-refractivity contribution < 1.29 is 28.6 Å². The van der Waals surface area contributed by atoms with Gasteiger partial charge >= 0.3 is 11.9 Å². The highest BCUT2D eigenvalue weighted by Gasteiger charge is 2.15. The van der Waals surface area contributed by atoms with E-state index in [0.717, 1.165) is 0 Å². The minimum atomic E-state index is -0.458. The molecule has 8 nitrogen and oxygen atoms in total. The number of hydrogen-bond acceptors (Lipinski definition) is 7. The van der Waals surface area contributed by atoms with E-state index in [9.17, 15) is 14.4 Å². The molecule has 3 rings (SSSR count). The van der Waals surface area contributed by atoms with Crippen LogP contribution in [0, 0.1) is 0 Å². The maximum absolute atomic E-state index is 12.8. The number of ether oxygens (including phenoxy) is 3. The van der Waals surface area contributed by atoms with Crippen molar-refractivity contribution >= 4 is 39.4 Å². The lowest BCUT2D eigenvalue weighted by atomic mass is 10.2. The molecule has 0 unspecified atom stereocenters. The normalized spacial score (nSPS) is 11.6. The Morgan fingerprint density at radius 1 is 0.970 bits per heavy atom. The van der Waals surface area contributed by atoms with Gasteiger partial charge in [-0.15, -0.1) is 0 Å². The Morgan fingerprint density at radius 2 is 1.64 bits per heavy atom. The van der Waals surface area contributed by atoms with Crippen LogP contribution in [0.5, 0.6) is 5.75 Å². The number of carbonyl (C=O) groups excluding carboxylic acids is 3. The predicted molar refractivity (Wildman–Crippen MR) is 125 cm³/mol. The molecule has 174 valence electrons. The Balaban J connectivity index is 2.02. The van der Waals surface area contributed by atoms with E-state index < -0.39 is 17.8 Å². The summed E-state index contributed by atoms with van der Waals surface area (Å²) in [5, 5.41) is 0. The molecule has 1 aromatic heterocycles. The Kier molecular flexibility index (Phi) is 8.00. The molecule has 1 heterocycles. The molecule has 0 aliphatic rings. The van der Waals surface area contributed by atoms with Crippen LogP contribution in [0.2, 0.25) is 0 Å². The van der Waals surface area contributed by atoms with E-state index in [2.05, 4.69) is 4.99 Å². The highest BCUT2D eigenvalue weighted by Crippen LogP contribution is 2.21. The first-order valence-electron chi connectivity index (χ1n) is 10.6. The standard InChI is InChI=1S/C24H26N2O6S/c1-5-30-21(27)14-26-19-12-9-17(23(29)31-6-2)13-20(19)33-24(26)25-22(28)16-7-10-18(11-8-16)32-15(3)4/h7-13,15H,5-6,14H2,1-4H3. The van der Waals surface area contributed by atoms with Gasteiger partial charge in [0.05, 0.1) is 35.1 Å². The number of amides is 1. The average Bonchev–Trinajstić information content (AvgIpc) is 3.10. The fourth-order valence-corrected chi connectivity index (χ4v) is 4.16. The van der Waals surface area contributed by atoms with E-state index in [-0.39, 0.29) is 25.9 Å². The maximum Gasteiger partial charge on any atom is 0.338 e. The van der Waals surface area contributed by atoms with Crippen molar-refractivity contribution in [2.45, 2.75) is 40.3 Å². The van der Waals surface area contributed by atoms with Crippen LogP contribution in [0.3, 0.4) is 0 Å². The van der Waals surface area contributed by atoms with E-state index in [4.69, 9.17) is 14.2 Å². The van der Waals surface area contributed by atoms with Gasteiger partial charge in [-0.25, -0.2) is 4.79 Å². The third-order valence-corrected chi connectivity index (χ3v) is 5.50. The van der Waals surface area contributed by atoms with Gasteiger partial charge in [-0.05, 0) is 70.2 Å². The molecule has 0 fully saturated rings. The van der Waals surface area contributed by atoms with Crippen molar-refractivity contribution in [3.8, 4) is 5.75 Å². The highest BCUT2D eigenvalue weighted by molar-refractivity contribution is 7.16. The van der Waals surface area contributed by atoms with Crippen LogP contribution < -0.4 is 9.54 Å². The highest BCUT2D eigenvalue weighted by atomic mass is 32.1. The van der Waals surface area contributed by atoms with Crippen LogP contribution in [-0.2, 0) is 20.8 Å². The zero-order valence-electron chi connectivity index (χ0n) is 19.0. The Hall–Kier alpha value is -3.46. The van der Waals surface area contributed by atoms with E-state index in [1.807, 2.05) is 13.8 Å². The van der Waals surface area contributed by atoms with Crippen LogP contribution in [0.15, 0.2) is 47.5 Å². The third-order valence-electron chi connectivity index (χ3n) is 4.46. The summed E-state index contributed by atoms with van der Waals surface area (Å²) in [6.45, 7) is 7.70. The van der Waals surface area contributed by atoms with Crippen molar-refractivity contribution in [2.75, 3.05) is 13.2 Å². The summed E-state index contributed by atoms with van der Waals surface area (Å²) < 4.78 is 18.1. The molecule has 0 saturated heterocycles. The number of nitrogens with zero attached hydrogens (tertiary/aromatic N) is 2. The van der Waals surface area contributed by atoms with Crippen LogP contribution in [0.1, 0.15) is 48.4 Å². The van der Waals surface area contributed by atoms with Gasteiger partial charge < -0.3 is 18.8 Å². The zero-order chi connectivity index (χ0) is 24.0. The lowest BCUT2D eigenvalue weighted by Gasteiger charge is -2.09. The molecule has 0 aliphatic carbocycles. The quantitative estimate of drug-likeness (QED) is 0.462. The fraction of sp³-hybridized carbons (Fsp3) is 0.333. The Bertz CT molecular complexity index is 1220. The number of esters is 2. The monoisotopic (exact) mass is 470 g/mol. The maximum atomic E-state index is 12.8. The first kappa shape index (κ1) is 24.2. The minimum Gasteiger partial charge on any atom is -0.491 e. The molecule has 0 radical (unpaired) electrons. The molecule has 33 heavy (non-hydrogen) atoms. The largest absolute Gasteiger partial charge is 0.491 e. The number of rotatable bonds is 8. The summed E-state index contributed by atoms with van der Waals surface area (Å²) >= 11 is 1.20. The van der Waals surface area contributed by atoms with E-state index >= 15 is 0 Å². The molecule has 0 bridgehead atoms. The summed E-state index contributed by atoms with van der Waals surface area (Å²) in [6, 6.07) is 11.7. The smallest absolute Gasteiger partial charge is 0.338 e. The number of aromatic nitrogens is 1. The van der Waals surface area contributed by atoms with Gasteiger partial charge in [0.25, 0.3) is 5.91 Å². The third kappa shape index (κ3) is 6.07. The molecular weight excluding hydrogens is 444 g/mol. The number of benzene rings is 2. The number of carbonyl (C=O) groups is 3. The lowest BCUT2D eigenvalue weighted by molar-refractivity contribution is -0.143.